The molecule has 1 amide bonds. The van der Waals surface area contributed by atoms with Gasteiger partial charge >= 0.3 is 5.97 Å². The van der Waals surface area contributed by atoms with Crippen molar-refractivity contribution in [2.24, 2.45) is 0 Å². The van der Waals surface area contributed by atoms with E-state index in [2.05, 4.69) is 0 Å². The molecule has 0 bridgehead atoms. The zero-order valence-corrected chi connectivity index (χ0v) is 14.9. The summed E-state index contributed by atoms with van der Waals surface area (Å²) in [6.07, 6.45) is -0.128. The van der Waals surface area contributed by atoms with Crippen molar-refractivity contribution >= 4 is 23.6 Å². The van der Waals surface area contributed by atoms with Crippen LogP contribution in [0.4, 0.5) is 18.9 Å². The van der Waals surface area contributed by atoms with E-state index in [9.17, 15) is 22.8 Å². The summed E-state index contributed by atoms with van der Waals surface area (Å²) in [6, 6.07) is 10.1. The quantitative estimate of drug-likeness (QED) is 0.365. The number of nitriles is 1. The second kappa shape index (κ2) is 8.86. The lowest BCUT2D eigenvalue weighted by atomic mass is 10.1. The Bertz CT molecular complexity index is 979. The molecule has 8 heteroatoms. The van der Waals surface area contributed by atoms with E-state index in [1.165, 1.54) is 13.0 Å². The summed E-state index contributed by atoms with van der Waals surface area (Å²) in [5, 5.41) is 11.1. The molecule has 0 saturated heterocycles. The fraction of sp³-hybridized carbons (Fsp3) is 0.150. The fourth-order valence-electron chi connectivity index (χ4n) is 2.10. The zero-order chi connectivity index (χ0) is 20.8. The Morgan fingerprint density at radius 3 is 2.36 bits per heavy atom. The number of halogens is 3. The molecule has 0 fully saturated rings. The third-order valence-corrected chi connectivity index (χ3v) is 3.67. The minimum absolute atomic E-state index is 0.345. The second-order valence-electron chi connectivity index (χ2n) is 5.84. The summed E-state index contributed by atoms with van der Waals surface area (Å²) < 4.78 is 44.6. The van der Waals surface area contributed by atoms with Gasteiger partial charge in [0.1, 0.15) is 11.6 Å². The van der Waals surface area contributed by atoms with E-state index < -0.39 is 41.1 Å². The van der Waals surface area contributed by atoms with Crippen LogP contribution in [-0.4, -0.2) is 18.0 Å². The van der Waals surface area contributed by atoms with Gasteiger partial charge in [-0.05, 0) is 37.6 Å². The number of rotatable bonds is 5. The first-order chi connectivity index (χ1) is 13.2. The highest BCUT2D eigenvalue weighted by Gasteiger charge is 2.23. The van der Waals surface area contributed by atoms with Gasteiger partial charge in [0.15, 0.2) is 23.6 Å². The predicted octanol–water partition coefficient (Wildman–Crippen LogP) is 3.89. The van der Waals surface area contributed by atoms with Gasteiger partial charge in [-0.2, -0.15) is 5.26 Å². The predicted molar refractivity (Wildman–Crippen MR) is 95.3 cm³/mol. The molecule has 5 nitrogen and oxygen atoms in total. The van der Waals surface area contributed by atoms with Gasteiger partial charge in [-0.25, -0.2) is 18.0 Å². The largest absolute Gasteiger partial charge is 0.448 e. The Balaban J connectivity index is 2.08. The average molecular weight is 388 g/mol. The van der Waals surface area contributed by atoms with Crippen LogP contribution in [-0.2, 0) is 14.3 Å². The summed E-state index contributed by atoms with van der Waals surface area (Å²) in [4.78, 5) is 24.1. The minimum atomic E-state index is -1.74. The maximum atomic E-state index is 13.6. The molecule has 0 radical (unpaired) electrons. The van der Waals surface area contributed by atoms with E-state index in [4.69, 9.17) is 10.00 Å². The number of aryl methyl sites for hydroxylation is 1. The van der Waals surface area contributed by atoms with E-state index >= 15 is 0 Å². The molecular formula is C20H15F3N2O3. The number of ether oxygens (including phenoxy) is 1. The number of nitrogens with one attached hydrogen (secondary N) is 1. The first kappa shape index (κ1) is 20.7. The minimum Gasteiger partial charge on any atom is -0.448 e. The fourth-order valence-corrected chi connectivity index (χ4v) is 2.10. The van der Waals surface area contributed by atoms with Gasteiger partial charge in [0.25, 0.3) is 5.91 Å². The molecule has 0 spiro atoms. The highest BCUT2D eigenvalue weighted by atomic mass is 19.2. The van der Waals surface area contributed by atoms with Gasteiger partial charge in [0, 0.05) is 0 Å². The Morgan fingerprint density at radius 1 is 1.11 bits per heavy atom. The number of hydrogen-bond acceptors (Lipinski definition) is 4. The van der Waals surface area contributed by atoms with Gasteiger partial charge < -0.3 is 10.1 Å². The highest BCUT2D eigenvalue weighted by molar-refractivity contribution is 6.01. The van der Waals surface area contributed by atoms with E-state index in [1.807, 2.05) is 12.2 Å². The van der Waals surface area contributed by atoms with Crippen LogP contribution in [0.2, 0.25) is 0 Å². The van der Waals surface area contributed by atoms with Crippen LogP contribution in [0.1, 0.15) is 18.1 Å². The van der Waals surface area contributed by atoms with Crippen molar-refractivity contribution in [1.29, 1.82) is 5.26 Å². The Kier molecular flexibility index (Phi) is 6.55. The summed E-state index contributed by atoms with van der Waals surface area (Å²) in [5.41, 5.74) is 0.623. The Hall–Kier alpha value is -3.60. The molecule has 0 heterocycles. The highest BCUT2D eigenvalue weighted by Crippen LogP contribution is 2.20. The van der Waals surface area contributed by atoms with Gasteiger partial charge in [-0.3, -0.25) is 4.79 Å². The number of benzene rings is 2. The molecule has 0 saturated carbocycles. The first-order valence-electron chi connectivity index (χ1n) is 8.06. The zero-order valence-electron chi connectivity index (χ0n) is 14.9. The molecule has 0 unspecified atom stereocenters. The van der Waals surface area contributed by atoms with E-state index in [-0.39, 0.29) is 5.57 Å². The van der Waals surface area contributed by atoms with Crippen LogP contribution < -0.4 is 5.32 Å². The molecule has 0 aromatic heterocycles. The van der Waals surface area contributed by atoms with Gasteiger partial charge in [0.2, 0.25) is 0 Å². The summed E-state index contributed by atoms with van der Waals surface area (Å²) in [5.74, 6) is -6.77. The normalized spacial score (nSPS) is 12.1. The van der Waals surface area contributed by atoms with Gasteiger partial charge in [-0.1, -0.05) is 29.8 Å². The lowest BCUT2D eigenvalue weighted by molar-refractivity contribution is -0.148. The third kappa shape index (κ3) is 4.98. The lowest BCUT2D eigenvalue weighted by Crippen LogP contribution is -2.30. The maximum Gasteiger partial charge on any atom is 0.349 e. The maximum absolute atomic E-state index is 13.6. The summed E-state index contributed by atoms with van der Waals surface area (Å²) in [7, 11) is 0. The number of carbonyl (C=O) groups is 2. The molecule has 0 aliphatic heterocycles. The Morgan fingerprint density at radius 2 is 1.75 bits per heavy atom. The summed E-state index contributed by atoms with van der Waals surface area (Å²) in [6.45, 7) is 3.06. The van der Waals surface area contributed by atoms with Crippen molar-refractivity contribution in [3.05, 3.63) is 70.5 Å². The summed E-state index contributed by atoms with van der Waals surface area (Å²) >= 11 is 0. The molecule has 2 aromatic carbocycles. The van der Waals surface area contributed by atoms with Gasteiger partial charge in [-0.15, -0.1) is 0 Å². The molecular weight excluding hydrogens is 373 g/mol. The monoisotopic (exact) mass is 388 g/mol. The first-order valence-corrected chi connectivity index (χ1v) is 8.06. The SMILES string of the molecule is Cc1ccc(/C=C(\C#N)C(=O)O[C@@H](C)C(=O)Nc2ccc(F)c(F)c2F)cc1. The second-order valence-corrected chi connectivity index (χ2v) is 5.84. The molecule has 144 valence electrons. The number of esters is 1. The number of amides is 1. The van der Waals surface area contributed by atoms with Crippen LogP contribution in [0.15, 0.2) is 42.0 Å². The van der Waals surface area contributed by atoms with Crippen molar-refractivity contribution in [2.75, 3.05) is 5.32 Å². The number of anilines is 1. The molecule has 28 heavy (non-hydrogen) atoms. The van der Waals surface area contributed by atoms with Crippen LogP contribution in [0, 0.1) is 35.7 Å². The molecule has 1 atom stereocenters. The van der Waals surface area contributed by atoms with E-state index in [0.717, 1.165) is 11.6 Å². The van der Waals surface area contributed by atoms with E-state index in [0.29, 0.717) is 11.6 Å². The van der Waals surface area contributed by atoms with Crippen LogP contribution in [0.3, 0.4) is 0 Å². The van der Waals surface area contributed by atoms with Crippen molar-refractivity contribution in [1.82, 2.24) is 0 Å². The van der Waals surface area contributed by atoms with Crippen LogP contribution in [0.25, 0.3) is 6.08 Å². The number of hydrogen-bond donors (Lipinski definition) is 1. The van der Waals surface area contributed by atoms with Gasteiger partial charge in [0.05, 0.1) is 5.69 Å². The molecule has 0 aliphatic rings. The smallest absolute Gasteiger partial charge is 0.349 e. The number of carbonyl (C=O) groups excluding carboxylic acids is 2. The number of nitrogens with zero attached hydrogens (tertiary/aromatic N) is 1. The average Bonchev–Trinajstić information content (AvgIpc) is 2.67. The standard InChI is InChI=1S/C20H15F3N2O3/c1-11-3-5-13(6-4-11)9-14(10-24)20(27)28-12(2)19(26)25-16-8-7-15(21)17(22)18(16)23/h3-9,12H,1-2H3,(H,25,26)/b14-9+/t12-/m0/s1. The van der Waals surface area contributed by atoms with Crippen molar-refractivity contribution in [3.8, 4) is 6.07 Å². The molecule has 2 rings (SSSR count). The molecule has 1 N–H and O–H groups in total. The van der Waals surface area contributed by atoms with Crippen LogP contribution in [0.5, 0.6) is 0 Å². The van der Waals surface area contributed by atoms with Crippen molar-refractivity contribution in [3.63, 3.8) is 0 Å². The molecule has 2 aromatic rings. The van der Waals surface area contributed by atoms with Crippen molar-refractivity contribution < 1.29 is 27.5 Å². The third-order valence-electron chi connectivity index (χ3n) is 3.67. The topological polar surface area (TPSA) is 79.2 Å². The molecule has 0 aliphatic carbocycles. The lowest BCUT2D eigenvalue weighted by Gasteiger charge is -2.14. The van der Waals surface area contributed by atoms with E-state index in [1.54, 1.807) is 30.3 Å². The van der Waals surface area contributed by atoms with Crippen LogP contribution >= 0.6 is 0 Å². The Labute approximate surface area is 159 Å². The van der Waals surface area contributed by atoms with Crippen molar-refractivity contribution in [2.45, 2.75) is 20.0 Å².